The van der Waals surface area contributed by atoms with Gasteiger partial charge >= 0.3 is 6.09 Å². The first-order valence-electron chi connectivity index (χ1n) is 7.61. The number of nitrogens with zero attached hydrogens (tertiary/aromatic N) is 2. The molecule has 2 unspecified atom stereocenters. The minimum atomic E-state index is -0.395. The van der Waals surface area contributed by atoms with Gasteiger partial charge in [-0.2, -0.15) is 0 Å². The van der Waals surface area contributed by atoms with Gasteiger partial charge in [-0.3, -0.25) is 4.90 Å². The molecule has 0 aromatic carbocycles. The number of hydrogen-bond donors (Lipinski definition) is 0. The Morgan fingerprint density at radius 2 is 1.84 bits per heavy atom. The summed E-state index contributed by atoms with van der Waals surface area (Å²) < 4.78 is 5.49. The average Bonchev–Trinajstić information content (AvgIpc) is 2.88. The van der Waals surface area contributed by atoms with Crippen molar-refractivity contribution in [3.8, 4) is 0 Å². The largest absolute Gasteiger partial charge is 0.444 e. The molecule has 2 aliphatic heterocycles. The predicted molar refractivity (Wildman–Crippen MR) is 76.2 cm³/mol. The summed E-state index contributed by atoms with van der Waals surface area (Å²) in [5.74, 6) is 0. The van der Waals surface area contributed by atoms with Gasteiger partial charge < -0.3 is 9.64 Å². The van der Waals surface area contributed by atoms with Crippen molar-refractivity contribution in [2.45, 2.75) is 77.6 Å². The molecule has 0 aliphatic carbocycles. The van der Waals surface area contributed by atoms with E-state index in [0.717, 1.165) is 19.5 Å². The lowest BCUT2D eigenvalue weighted by Gasteiger charge is -2.38. The van der Waals surface area contributed by atoms with Crippen LogP contribution in [-0.4, -0.2) is 52.7 Å². The number of amides is 1. The van der Waals surface area contributed by atoms with E-state index in [9.17, 15) is 4.79 Å². The Hall–Kier alpha value is -0.770. The zero-order valence-electron chi connectivity index (χ0n) is 13.0. The number of fused-ring (bicyclic) bond motifs is 2. The molecule has 2 bridgehead atoms. The molecule has 0 saturated carbocycles. The van der Waals surface area contributed by atoms with Gasteiger partial charge in [0.1, 0.15) is 5.60 Å². The van der Waals surface area contributed by atoms with E-state index in [0.29, 0.717) is 18.1 Å². The minimum Gasteiger partial charge on any atom is -0.444 e. The van der Waals surface area contributed by atoms with Gasteiger partial charge in [0.05, 0.1) is 0 Å². The molecule has 2 atom stereocenters. The average molecular weight is 268 g/mol. The Morgan fingerprint density at radius 1 is 1.21 bits per heavy atom. The second-order valence-electron chi connectivity index (χ2n) is 6.84. The van der Waals surface area contributed by atoms with Crippen molar-refractivity contribution in [2.24, 2.45) is 0 Å². The zero-order valence-corrected chi connectivity index (χ0v) is 13.0. The maximum absolute atomic E-state index is 12.2. The Balaban J connectivity index is 1.94. The molecular formula is C15H28N2O2. The van der Waals surface area contributed by atoms with Gasteiger partial charge in [0.25, 0.3) is 0 Å². The Morgan fingerprint density at radius 3 is 2.26 bits per heavy atom. The van der Waals surface area contributed by atoms with Crippen molar-refractivity contribution < 1.29 is 9.53 Å². The van der Waals surface area contributed by atoms with E-state index in [1.165, 1.54) is 12.8 Å². The Bertz CT molecular complexity index is 334. The number of rotatable bonds is 3. The van der Waals surface area contributed by atoms with Crippen LogP contribution in [-0.2, 0) is 4.74 Å². The quantitative estimate of drug-likeness (QED) is 0.789. The topological polar surface area (TPSA) is 32.8 Å². The Kier molecular flexibility index (Phi) is 4.09. The van der Waals surface area contributed by atoms with Gasteiger partial charge in [-0.25, -0.2) is 4.79 Å². The standard InChI is InChI=1S/C15H28N2O2/c1-6-11(7-2)16-9-13-8-12(16)10-17(13)14(18)19-15(3,4)5/h11-13H,6-10H2,1-5H3. The molecule has 4 heteroatoms. The van der Waals surface area contributed by atoms with E-state index in [4.69, 9.17) is 4.74 Å². The van der Waals surface area contributed by atoms with Crippen LogP contribution in [0.15, 0.2) is 0 Å². The molecule has 110 valence electrons. The van der Waals surface area contributed by atoms with Crippen molar-refractivity contribution in [3.63, 3.8) is 0 Å². The van der Waals surface area contributed by atoms with Gasteiger partial charge in [0.2, 0.25) is 0 Å². The molecule has 0 aromatic rings. The van der Waals surface area contributed by atoms with Crippen LogP contribution in [0.1, 0.15) is 53.9 Å². The molecule has 0 aromatic heterocycles. The SMILES string of the molecule is CCC(CC)N1CC2CC1CN2C(=O)OC(C)(C)C. The third-order valence-electron chi connectivity index (χ3n) is 4.32. The van der Waals surface area contributed by atoms with E-state index in [1.54, 1.807) is 0 Å². The molecule has 0 radical (unpaired) electrons. The number of piperazine rings is 1. The maximum atomic E-state index is 12.2. The molecule has 2 aliphatic rings. The maximum Gasteiger partial charge on any atom is 0.410 e. The fraction of sp³-hybridized carbons (Fsp3) is 0.933. The third kappa shape index (κ3) is 3.04. The minimum absolute atomic E-state index is 0.135. The van der Waals surface area contributed by atoms with Gasteiger partial charge in [-0.15, -0.1) is 0 Å². The molecule has 2 saturated heterocycles. The molecular weight excluding hydrogens is 240 g/mol. The summed E-state index contributed by atoms with van der Waals surface area (Å²) in [6.45, 7) is 12.2. The highest BCUT2D eigenvalue weighted by Gasteiger charge is 2.47. The first kappa shape index (κ1) is 14.6. The normalized spacial score (nSPS) is 27.4. The van der Waals surface area contributed by atoms with Crippen molar-refractivity contribution in [2.75, 3.05) is 13.1 Å². The van der Waals surface area contributed by atoms with E-state index in [-0.39, 0.29) is 6.09 Å². The highest BCUT2D eigenvalue weighted by Crippen LogP contribution is 2.34. The summed E-state index contributed by atoms with van der Waals surface area (Å²) in [4.78, 5) is 16.7. The third-order valence-corrected chi connectivity index (χ3v) is 4.32. The predicted octanol–water partition coefficient (Wildman–Crippen LogP) is 2.87. The van der Waals surface area contributed by atoms with E-state index >= 15 is 0 Å². The zero-order chi connectivity index (χ0) is 14.2. The number of likely N-dealkylation sites (tertiary alicyclic amines) is 2. The molecule has 19 heavy (non-hydrogen) atoms. The number of ether oxygens (including phenoxy) is 1. The smallest absolute Gasteiger partial charge is 0.410 e. The van der Waals surface area contributed by atoms with Gasteiger partial charge in [0, 0.05) is 31.2 Å². The first-order chi connectivity index (χ1) is 8.85. The highest BCUT2D eigenvalue weighted by atomic mass is 16.6. The van der Waals surface area contributed by atoms with Crippen LogP contribution in [0, 0.1) is 0 Å². The van der Waals surface area contributed by atoms with E-state index in [1.807, 2.05) is 25.7 Å². The second-order valence-corrected chi connectivity index (χ2v) is 6.84. The first-order valence-corrected chi connectivity index (χ1v) is 7.61. The molecule has 0 N–H and O–H groups in total. The summed E-state index contributed by atoms with van der Waals surface area (Å²) in [6, 6.07) is 1.58. The van der Waals surface area contributed by atoms with Gasteiger partial charge in [-0.1, -0.05) is 13.8 Å². The van der Waals surface area contributed by atoms with Crippen LogP contribution in [0.25, 0.3) is 0 Å². The fourth-order valence-corrected chi connectivity index (χ4v) is 3.45. The van der Waals surface area contributed by atoms with Crippen molar-refractivity contribution in [3.05, 3.63) is 0 Å². The van der Waals surface area contributed by atoms with Crippen LogP contribution in [0.3, 0.4) is 0 Å². The summed E-state index contributed by atoms with van der Waals surface area (Å²) in [5, 5.41) is 0. The number of carbonyl (C=O) groups excluding carboxylic acids is 1. The monoisotopic (exact) mass is 268 g/mol. The molecule has 2 heterocycles. The lowest BCUT2D eigenvalue weighted by atomic mass is 10.1. The van der Waals surface area contributed by atoms with Crippen LogP contribution >= 0.6 is 0 Å². The van der Waals surface area contributed by atoms with Crippen molar-refractivity contribution in [1.82, 2.24) is 9.80 Å². The van der Waals surface area contributed by atoms with E-state index < -0.39 is 5.60 Å². The molecule has 0 spiro atoms. The Labute approximate surface area is 117 Å². The van der Waals surface area contributed by atoms with E-state index in [2.05, 4.69) is 18.7 Å². The lowest BCUT2D eigenvalue weighted by molar-refractivity contribution is 0.00859. The van der Waals surface area contributed by atoms with Crippen molar-refractivity contribution >= 4 is 6.09 Å². The molecule has 4 nitrogen and oxygen atoms in total. The highest BCUT2D eigenvalue weighted by molar-refractivity contribution is 5.69. The lowest BCUT2D eigenvalue weighted by Crippen LogP contribution is -2.52. The van der Waals surface area contributed by atoms with Gasteiger partial charge in [-0.05, 0) is 40.0 Å². The molecule has 2 fully saturated rings. The van der Waals surface area contributed by atoms with Crippen molar-refractivity contribution in [1.29, 1.82) is 0 Å². The summed E-state index contributed by atoms with van der Waals surface area (Å²) in [5.41, 5.74) is -0.395. The molecule has 1 amide bonds. The fourth-order valence-electron chi connectivity index (χ4n) is 3.45. The summed E-state index contributed by atoms with van der Waals surface area (Å²) in [6.07, 6.45) is 3.39. The second kappa shape index (κ2) is 5.31. The van der Waals surface area contributed by atoms with Crippen LogP contribution in [0.2, 0.25) is 0 Å². The summed E-state index contributed by atoms with van der Waals surface area (Å²) in [7, 11) is 0. The number of hydrogen-bond acceptors (Lipinski definition) is 3. The van der Waals surface area contributed by atoms with Crippen LogP contribution in [0.4, 0.5) is 4.79 Å². The van der Waals surface area contributed by atoms with Gasteiger partial charge in [0.15, 0.2) is 0 Å². The summed E-state index contributed by atoms with van der Waals surface area (Å²) >= 11 is 0. The molecule has 2 rings (SSSR count). The van der Waals surface area contributed by atoms with Crippen LogP contribution < -0.4 is 0 Å². The van der Waals surface area contributed by atoms with Crippen LogP contribution in [0.5, 0.6) is 0 Å². The number of carbonyl (C=O) groups is 1.